The van der Waals surface area contributed by atoms with Crippen LogP contribution in [0.5, 0.6) is 0 Å². The quantitative estimate of drug-likeness (QED) is 0.774. The lowest BCUT2D eigenvalue weighted by Crippen LogP contribution is -1.84. The Morgan fingerprint density at radius 2 is 2.07 bits per heavy atom. The number of halogens is 1. The molecule has 0 aliphatic carbocycles. The number of unbranched alkanes of at least 4 members (excludes halogenated alkanes) is 2. The van der Waals surface area contributed by atoms with Crippen LogP contribution in [0.4, 0.5) is 0 Å². The van der Waals surface area contributed by atoms with Crippen molar-refractivity contribution in [3.05, 3.63) is 34.4 Å². The predicted molar refractivity (Wildman–Crippen MR) is 69.2 cm³/mol. The van der Waals surface area contributed by atoms with Gasteiger partial charge < -0.3 is 4.98 Å². The number of aryl methyl sites for hydroxylation is 1. The van der Waals surface area contributed by atoms with Gasteiger partial charge in [-0.3, -0.25) is 0 Å². The van der Waals surface area contributed by atoms with Gasteiger partial charge in [0.1, 0.15) is 0 Å². The van der Waals surface area contributed by atoms with Crippen molar-refractivity contribution in [1.82, 2.24) is 4.98 Å². The summed E-state index contributed by atoms with van der Waals surface area (Å²) in [4.78, 5) is 3.46. The molecule has 0 amide bonds. The molecule has 1 N–H and O–H groups in total. The Labute approximate surface area is 99.0 Å². The molecule has 1 heterocycles. The molecule has 2 rings (SSSR count). The van der Waals surface area contributed by atoms with Gasteiger partial charge in [0.25, 0.3) is 0 Å². The third kappa shape index (κ3) is 2.63. The summed E-state index contributed by atoms with van der Waals surface area (Å²) in [7, 11) is 0. The Morgan fingerprint density at radius 1 is 1.20 bits per heavy atom. The number of hydrogen-bond donors (Lipinski definition) is 1. The zero-order valence-electron chi connectivity index (χ0n) is 9.02. The Hall–Kier alpha value is -0.760. The van der Waals surface area contributed by atoms with Crippen LogP contribution >= 0.6 is 15.9 Å². The van der Waals surface area contributed by atoms with Crippen LogP contribution in [0, 0.1) is 0 Å². The van der Waals surface area contributed by atoms with Crippen LogP contribution in [0.2, 0.25) is 0 Å². The van der Waals surface area contributed by atoms with E-state index in [-0.39, 0.29) is 0 Å². The number of hydrogen-bond acceptors (Lipinski definition) is 0. The lowest BCUT2D eigenvalue weighted by Gasteiger charge is -1.95. The maximum Gasteiger partial charge on any atom is 0.0456 e. The van der Waals surface area contributed by atoms with Gasteiger partial charge in [-0.1, -0.05) is 35.7 Å². The number of aromatic amines is 1. The van der Waals surface area contributed by atoms with E-state index in [0.29, 0.717) is 0 Å². The Balaban J connectivity index is 2.16. The van der Waals surface area contributed by atoms with Gasteiger partial charge in [0.2, 0.25) is 0 Å². The normalized spacial score (nSPS) is 11.1. The maximum absolute atomic E-state index is 3.49. The van der Waals surface area contributed by atoms with Gasteiger partial charge in [-0.05, 0) is 37.1 Å². The monoisotopic (exact) mass is 265 g/mol. The number of nitrogens with one attached hydrogen (secondary N) is 1. The van der Waals surface area contributed by atoms with Crippen molar-refractivity contribution in [2.45, 2.75) is 32.6 Å². The SMILES string of the molecule is CCCCCc1cc2cc(Br)ccc2[nH]1. The molecule has 0 radical (unpaired) electrons. The maximum atomic E-state index is 3.49. The molecule has 1 aromatic carbocycles. The topological polar surface area (TPSA) is 15.8 Å². The Bertz CT molecular complexity index is 445. The molecule has 15 heavy (non-hydrogen) atoms. The molecule has 0 aliphatic rings. The van der Waals surface area contributed by atoms with Crippen molar-refractivity contribution in [3.63, 3.8) is 0 Å². The van der Waals surface area contributed by atoms with E-state index in [1.165, 1.54) is 42.3 Å². The van der Waals surface area contributed by atoms with E-state index in [0.717, 1.165) is 4.47 Å². The van der Waals surface area contributed by atoms with E-state index in [2.05, 4.69) is 52.1 Å². The first-order valence-corrected chi connectivity index (χ1v) is 6.36. The molecule has 0 atom stereocenters. The van der Waals surface area contributed by atoms with Gasteiger partial charge in [-0.15, -0.1) is 0 Å². The molecular weight excluding hydrogens is 250 g/mol. The molecule has 2 heteroatoms. The van der Waals surface area contributed by atoms with Crippen molar-refractivity contribution >= 4 is 26.8 Å². The molecular formula is C13H16BrN. The summed E-state index contributed by atoms with van der Waals surface area (Å²) in [6, 6.07) is 8.63. The molecule has 0 saturated carbocycles. The number of rotatable bonds is 4. The van der Waals surface area contributed by atoms with Crippen LogP contribution in [-0.2, 0) is 6.42 Å². The van der Waals surface area contributed by atoms with Gasteiger partial charge >= 0.3 is 0 Å². The minimum absolute atomic E-state index is 1.15. The molecule has 0 aliphatic heterocycles. The molecule has 0 unspecified atom stereocenters. The average molecular weight is 266 g/mol. The number of aromatic nitrogens is 1. The van der Waals surface area contributed by atoms with Crippen LogP contribution in [0.25, 0.3) is 10.9 Å². The molecule has 0 spiro atoms. The summed E-state index contributed by atoms with van der Waals surface area (Å²) in [6.07, 6.45) is 5.05. The van der Waals surface area contributed by atoms with E-state index in [1.807, 2.05) is 0 Å². The van der Waals surface area contributed by atoms with E-state index < -0.39 is 0 Å². The van der Waals surface area contributed by atoms with Gasteiger partial charge in [0.05, 0.1) is 0 Å². The number of fused-ring (bicyclic) bond motifs is 1. The second-order valence-corrected chi connectivity index (χ2v) is 4.90. The van der Waals surface area contributed by atoms with Crippen LogP contribution in [0.1, 0.15) is 31.9 Å². The molecule has 0 saturated heterocycles. The molecule has 0 bridgehead atoms. The summed E-state index contributed by atoms with van der Waals surface area (Å²) in [5.41, 5.74) is 2.60. The first kappa shape index (κ1) is 10.7. The second kappa shape index (κ2) is 4.84. The lowest BCUT2D eigenvalue weighted by atomic mass is 10.1. The first-order valence-electron chi connectivity index (χ1n) is 5.57. The van der Waals surface area contributed by atoms with Crippen molar-refractivity contribution in [2.75, 3.05) is 0 Å². The highest BCUT2D eigenvalue weighted by Gasteiger charge is 2.00. The van der Waals surface area contributed by atoms with Crippen LogP contribution < -0.4 is 0 Å². The largest absolute Gasteiger partial charge is 0.358 e. The fourth-order valence-corrected chi connectivity index (χ4v) is 2.24. The lowest BCUT2D eigenvalue weighted by molar-refractivity contribution is 0.710. The summed E-state index contributed by atoms with van der Waals surface area (Å²) >= 11 is 3.49. The highest BCUT2D eigenvalue weighted by Crippen LogP contribution is 2.21. The van der Waals surface area contributed by atoms with Crippen molar-refractivity contribution in [1.29, 1.82) is 0 Å². The molecule has 2 aromatic rings. The predicted octanol–water partition coefficient (Wildman–Crippen LogP) is 4.66. The second-order valence-electron chi connectivity index (χ2n) is 3.98. The first-order chi connectivity index (χ1) is 7.29. The van der Waals surface area contributed by atoms with Crippen LogP contribution in [0.3, 0.4) is 0 Å². The van der Waals surface area contributed by atoms with Gasteiger partial charge in [-0.2, -0.15) is 0 Å². The fraction of sp³-hybridized carbons (Fsp3) is 0.385. The van der Waals surface area contributed by atoms with Crippen molar-refractivity contribution in [3.8, 4) is 0 Å². The summed E-state index contributed by atoms with van der Waals surface area (Å²) in [6.45, 7) is 2.24. The minimum Gasteiger partial charge on any atom is -0.358 e. The molecule has 1 aromatic heterocycles. The molecule has 0 fully saturated rings. The van der Waals surface area contributed by atoms with E-state index in [4.69, 9.17) is 0 Å². The third-order valence-electron chi connectivity index (χ3n) is 2.69. The Morgan fingerprint density at radius 3 is 2.87 bits per heavy atom. The van der Waals surface area contributed by atoms with Gasteiger partial charge in [0, 0.05) is 21.1 Å². The van der Waals surface area contributed by atoms with Gasteiger partial charge in [-0.25, -0.2) is 0 Å². The Kier molecular flexibility index (Phi) is 3.47. The minimum atomic E-state index is 1.15. The van der Waals surface area contributed by atoms with E-state index in [1.54, 1.807) is 0 Å². The highest BCUT2D eigenvalue weighted by atomic mass is 79.9. The number of H-pyrrole nitrogens is 1. The van der Waals surface area contributed by atoms with Crippen LogP contribution in [0.15, 0.2) is 28.7 Å². The van der Waals surface area contributed by atoms with Gasteiger partial charge in [0.15, 0.2) is 0 Å². The zero-order chi connectivity index (χ0) is 10.7. The summed E-state index contributed by atoms with van der Waals surface area (Å²) in [5.74, 6) is 0. The third-order valence-corrected chi connectivity index (χ3v) is 3.18. The molecule has 80 valence electrons. The smallest absolute Gasteiger partial charge is 0.0456 e. The summed E-state index contributed by atoms with van der Waals surface area (Å²) in [5, 5.41) is 1.30. The van der Waals surface area contributed by atoms with Crippen LogP contribution in [-0.4, -0.2) is 4.98 Å². The van der Waals surface area contributed by atoms with E-state index >= 15 is 0 Å². The van der Waals surface area contributed by atoms with Crippen molar-refractivity contribution < 1.29 is 0 Å². The zero-order valence-corrected chi connectivity index (χ0v) is 10.6. The average Bonchev–Trinajstić information content (AvgIpc) is 2.60. The molecule has 1 nitrogen and oxygen atoms in total. The fourth-order valence-electron chi connectivity index (χ4n) is 1.86. The number of benzene rings is 1. The standard InChI is InChI=1S/C13H16BrN/c1-2-3-4-5-12-9-10-8-11(14)6-7-13(10)15-12/h6-9,15H,2-5H2,1H3. The van der Waals surface area contributed by atoms with E-state index in [9.17, 15) is 0 Å². The summed E-state index contributed by atoms with van der Waals surface area (Å²) < 4.78 is 1.15. The van der Waals surface area contributed by atoms with Crippen molar-refractivity contribution in [2.24, 2.45) is 0 Å². The highest BCUT2D eigenvalue weighted by molar-refractivity contribution is 9.10.